The zero-order valence-corrected chi connectivity index (χ0v) is 14.2. The molecule has 0 amide bonds. The fraction of sp³-hybridized carbons (Fsp3) is 0.0556. The Morgan fingerprint density at radius 3 is 2.67 bits per heavy atom. The lowest BCUT2D eigenvalue weighted by Gasteiger charge is -2.07. The SMILES string of the molecule is O=c1c2cnn(-c3ccccc3)c2ncn1Cc1cccc(Br)c1. The van der Waals surface area contributed by atoms with Crippen LogP contribution in [0, 0.1) is 0 Å². The Labute approximate surface area is 146 Å². The Morgan fingerprint density at radius 1 is 1.04 bits per heavy atom. The molecule has 0 N–H and O–H groups in total. The van der Waals surface area contributed by atoms with Crippen molar-refractivity contribution in [3.05, 3.63) is 87.5 Å². The van der Waals surface area contributed by atoms with Gasteiger partial charge in [0.25, 0.3) is 5.56 Å². The number of para-hydroxylation sites is 1. The van der Waals surface area contributed by atoms with Crippen molar-refractivity contribution in [2.24, 2.45) is 0 Å². The van der Waals surface area contributed by atoms with Crippen molar-refractivity contribution in [1.82, 2.24) is 19.3 Å². The van der Waals surface area contributed by atoms with Gasteiger partial charge in [0.2, 0.25) is 0 Å². The summed E-state index contributed by atoms with van der Waals surface area (Å²) in [5.74, 6) is 0. The molecule has 118 valence electrons. The van der Waals surface area contributed by atoms with E-state index < -0.39 is 0 Å². The van der Waals surface area contributed by atoms with E-state index in [1.54, 1.807) is 21.8 Å². The molecule has 2 aromatic carbocycles. The fourth-order valence-corrected chi connectivity index (χ4v) is 3.10. The molecule has 0 spiro atoms. The van der Waals surface area contributed by atoms with E-state index in [0.29, 0.717) is 17.6 Å². The molecule has 0 bridgehead atoms. The second-order valence-electron chi connectivity index (χ2n) is 5.44. The largest absolute Gasteiger partial charge is 0.294 e. The van der Waals surface area contributed by atoms with Crippen molar-refractivity contribution >= 4 is 27.0 Å². The molecule has 2 heterocycles. The lowest BCUT2D eigenvalue weighted by Crippen LogP contribution is -2.21. The maximum Gasteiger partial charge on any atom is 0.264 e. The van der Waals surface area contributed by atoms with Crippen molar-refractivity contribution < 1.29 is 0 Å². The molecule has 0 aliphatic heterocycles. The van der Waals surface area contributed by atoms with Crippen LogP contribution in [0.2, 0.25) is 0 Å². The van der Waals surface area contributed by atoms with Gasteiger partial charge in [-0.2, -0.15) is 5.10 Å². The molecular formula is C18H13BrN4O. The minimum atomic E-state index is -0.0952. The smallest absolute Gasteiger partial charge is 0.264 e. The molecule has 0 saturated carbocycles. The number of nitrogens with zero attached hydrogens (tertiary/aromatic N) is 4. The number of aromatic nitrogens is 4. The number of rotatable bonds is 3. The Hall–Kier alpha value is -2.73. The van der Waals surface area contributed by atoms with Crippen molar-refractivity contribution in [1.29, 1.82) is 0 Å². The van der Waals surface area contributed by atoms with Gasteiger partial charge in [-0.3, -0.25) is 9.36 Å². The predicted octanol–water partition coefficient (Wildman–Crippen LogP) is 3.39. The zero-order valence-electron chi connectivity index (χ0n) is 12.6. The molecule has 24 heavy (non-hydrogen) atoms. The van der Waals surface area contributed by atoms with Crippen LogP contribution in [0.15, 0.2) is 76.4 Å². The molecule has 6 heteroatoms. The highest BCUT2D eigenvalue weighted by atomic mass is 79.9. The first-order valence-electron chi connectivity index (χ1n) is 7.45. The molecule has 0 unspecified atom stereocenters. The third kappa shape index (κ3) is 2.65. The predicted molar refractivity (Wildman–Crippen MR) is 96.4 cm³/mol. The van der Waals surface area contributed by atoms with Crippen LogP contribution >= 0.6 is 15.9 Å². The Balaban J connectivity index is 1.78. The van der Waals surface area contributed by atoms with Gasteiger partial charge in [-0.25, -0.2) is 9.67 Å². The maximum atomic E-state index is 12.7. The lowest BCUT2D eigenvalue weighted by molar-refractivity contribution is 0.745. The number of halogens is 1. The quantitative estimate of drug-likeness (QED) is 0.547. The van der Waals surface area contributed by atoms with Crippen LogP contribution in [0.1, 0.15) is 5.56 Å². The van der Waals surface area contributed by atoms with Gasteiger partial charge in [0.15, 0.2) is 5.65 Å². The molecule has 4 aromatic rings. The molecule has 0 aliphatic rings. The summed E-state index contributed by atoms with van der Waals surface area (Å²) in [7, 11) is 0. The van der Waals surface area contributed by atoms with Crippen LogP contribution in [0.5, 0.6) is 0 Å². The minimum absolute atomic E-state index is 0.0952. The van der Waals surface area contributed by atoms with Crippen molar-refractivity contribution in [3.8, 4) is 5.69 Å². The van der Waals surface area contributed by atoms with Crippen LogP contribution in [0.4, 0.5) is 0 Å². The van der Waals surface area contributed by atoms with E-state index in [4.69, 9.17) is 0 Å². The van der Waals surface area contributed by atoms with E-state index in [9.17, 15) is 4.79 Å². The Morgan fingerprint density at radius 2 is 1.88 bits per heavy atom. The minimum Gasteiger partial charge on any atom is -0.294 e. The first-order valence-corrected chi connectivity index (χ1v) is 8.25. The molecule has 0 fully saturated rings. The number of hydrogen-bond donors (Lipinski definition) is 0. The molecule has 4 rings (SSSR count). The van der Waals surface area contributed by atoms with Crippen LogP contribution in [0.25, 0.3) is 16.7 Å². The van der Waals surface area contributed by atoms with Gasteiger partial charge in [-0.15, -0.1) is 0 Å². The molecule has 2 aromatic heterocycles. The summed E-state index contributed by atoms with van der Waals surface area (Å²) < 4.78 is 4.26. The molecule has 0 atom stereocenters. The summed E-state index contributed by atoms with van der Waals surface area (Å²) in [6, 6.07) is 17.5. The Bertz CT molecular complexity index is 1070. The third-order valence-corrected chi connectivity index (χ3v) is 4.29. The second kappa shape index (κ2) is 6.05. The van der Waals surface area contributed by atoms with Crippen LogP contribution in [0.3, 0.4) is 0 Å². The lowest BCUT2D eigenvalue weighted by atomic mass is 10.2. The first kappa shape index (κ1) is 14.8. The summed E-state index contributed by atoms with van der Waals surface area (Å²) in [6.07, 6.45) is 3.15. The number of benzene rings is 2. The van der Waals surface area contributed by atoms with E-state index >= 15 is 0 Å². The second-order valence-corrected chi connectivity index (χ2v) is 6.35. The summed E-state index contributed by atoms with van der Waals surface area (Å²) in [5.41, 5.74) is 2.38. The maximum absolute atomic E-state index is 12.7. The molecular weight excluding hydrogens is 368 g/mol. The topological polar surface area (TPSA) is 52.7 Å². The summed E-state index contributed by atoms with van der Waals surface area (Å²) >= 11 is 3.45. The van der Waals surface area contributed by atoms with Gasteiger partial charge in [0.1, 0.15) is 11.7 Å². The standard InChI is InChI=1S/C18H13BrN4O/c19-14-6-4-5-13(9-14)11-22-12-20-17-16(18(22)24)10-21-23(17)15-7-2-1-3-8-15/h1-10,12H,11H2. The average Bonchev–Trinajstić information content (AvgIpc) is 3.03. The van der Waals surface area contributed by atoms with E-state index in [1.807, 2.05) is 54.6 Å². The molecule has 0 radical (unpaired) electrons. The van der Waals surface area contributed by atoms with E-state index in [0.717, 1.165) is 15.7 Å². The normalized spacial score (nSPS) is 11.0. The van der Waals surface area contributed by atoms with Crippen LogP contribution in [-0.4, -0.2) is 19.3 Å². The van der Waals surface area contributed by atoms with Gasteiger partial charge in [-0.05, 0) is 29.8 Å². The summed E-state index contributed by atoms with van der Waals surface area (Å²) in [5, 5.41) is 4.83. The van der Waals surface area contributed by atoms with Gasteiger partial charge >= 0.3 is 0 Å². The summed E-state index contributed by atoms with van der Waals surface area (Å²) in [4.78, 5) is 17.2. The van der Waals surface area contributed by atoms with E-state index in [-0.39, 0.29) is 5.56 Å². The van der Waals surface area contributed by atoms with Crippen molar-refractivity contribution in [2.45, 2.75) is 6.54 Å². The molecule has 0 saturated heterocycles. The third-order valence-electron chi connectivity index (χ3n) is 3.80. The van der Waals surface area contributed by atoms with Crippen LogP contribution in [-0.2, 0) is 6.54 Å². The van der Waals surface area contributed by atoms with E-state index in [2.05, 4.69) is 26.0 Å². The number of hydrogen-bond acceptors (Lipinski definition) is 3. The van der Waals surface area contributed by atoms with Gasteiger partial charge < -0.3 is 0 Å². The van der Waals surface area contributed by atoms with Gasteiger partial charge in [0.05, 0.1) is 18.4 Å². The highest BCUT2D eigenvalue weighted by Gasteiger charge is 2.11. The molecule has 5 nitrogen and oxygen atoms in total. The average molecular weight is 381 g/mol. The van der Waals surface area contributed by atoms with Crippen molar-refractivity contribution in [2.75, 3.05) is 0 Å². The van der Waals surface area contributed by atoms with Gasteiger partial charge in [-0.1, -0.05) is 46.3 Å². The highest BCUT2D eigenvalue weighted by molar-refractivity contribution is 9.10. The highest BCUT2D eigenvalue weighted by Crippen LogP contribution is 2.15. The fourth-order valence-electron chi connectivity index (χ4n) is 2.65. The van der Waals surface area contributed by atoms with Crippen LogP contribution < -0.4 is 5.56 Å². The monoisotopic (exact) mass is 380 g/mol. The Kier molecular flexibility index (Phi) is 3.74. The first-order chi connectivity index (χ1) is 11.7. The van der Waals surface area contributed by atoms with Gasteiger partial charge in [0, 0.05) is 4.47 Å². The van der Waals surface area contributed by atoms with Crippen molar-refractivity contribution in [3.63, 3.8) is 0 Å². The zero-order chi connectivity index (χ0) is 16.5. The van der Waals surface area contributed by atoms with E-state index in [1.165, 1.54) is 0 Å². The molecule has 0 aliphatic carbocycles. The summed E-state index contributed by atoms with van der Waals surface area (Å²) in [6.45, 7) is 0.470. The number of fused-ring (bicyclic) bond motifs is 1.